The molecule has 1 fully saturated rings. The van der Waals surface area contributed by atoms with Gasteiger partial charge in [0.1, 0.15) is 5.82 Å². The Balaban J connectivity index is 1.76. The number of piperazine rings is 1. The lowest BCUT2D eigenvalue weighted by molar-refractivity contribution is -0.129. The number of benzene rings is 2. The molecule has 1 aliphatic rings. The first-order valence-electron chi connectivity index (χ1n) is 8.70. The first-order valence-corrected chi connectivity index (χ1v) is 10.1. The van der Waals surface area contributed by atoms with E-state index in [4.69, 9.17) is 0 Å². The van der Waals surface area contributed by atoms with Gasteiger partial charge in [-0.05, 0) is 36.4 Å². The zero-order valence-corrected chi connectivity index (χ0v) is 16.1. The van der Waals surface area contributed by atoms with Crippen molar-refractivity contribution in [1.29, 1.82) is 0 Å². The topological polar surface area (TPSA) is 86.8 Å². The molecule has 3 rings (SSSR count). The predicted molar refractivity (Wildman–Crippen MR) is 102 cm³/mol. The molecular formula is C19H20FN3O4S. The van der Waals surface area contributed by atoms with E-state index in [0.717, 1.165) is 0 Å². The molecule has 1 aliphatic heterocycles. The summed E-state index contributed by atoms with van der Waals surface area (Å²) in [5.41, 5.74) is 0.423. The fourth-order valence-corrected chi connectivity index (χ4v) is 4.43. The zero-order chi connectivity index (χ0) is 20.3. The average Bonchev–Trinajstić information content (AvgIpc) is 2.68. The second-order valence-electron chi connectivity index (χ2n) is 6.40. The molecule has 2 aromatic rings. The maximum Gasteiger partial charge on any atom is 0.255 e. The van der Waals surface area contributed by atoms with Crippen LogP contribution in [0.3, 0.4) is 0 Å². The quantitative estimate of drug-likeness (QED) is 0.842. The van der Waals surface area contributed by atoms with Crippen molar-refractivity contribution in [2.45, 2.75) is 11.8 Å². The predicted octanol–water partition coefficient (Wildman–Crippen LogP) is 1.93. The third kappa shape index (κ3) is 4.37. The lowest BCUT2D eigenvalue weighted by atomic mass is 10.2. The molecule has 0 atom stereocenters. The minimum absolute atomic E-state index is 0.00401. The maximum absolute atomic E-state index is 13.3. The lowest BCUT2D eigenvalue weighted by Crippen LogP contribution is -2.49. The maximum atomic E-state index is 13.3. The first kappa shape index (κ1) is 20.0. The van der Waals surface area contributed by atoms with Crippen LogP contribution in [-0.2, 0) is 14.8 Å². The van der Waals surface area contributed by atoms with Gasteiger partial charge in [0.25, 0.3) is 5.91 Å². The Morgan fingerprint density at radius 3 is 2.32 bits per heavy atom. The number of carbonyl (C=O) groups excluding carboxylic acids is 2. The minimum atomic E-state index is -3.79. The Hall–Kier alpha value is -2.78. The van der Waals surface area contributed by atoms with Crippen LogP contribution in [0.1, 0.15) is 17.3 Å². The minimum Gasteiger partial charge on any atom is -0.340 e. The molecule has 0 aliphatic carbocycles. The van der Waals surface area contributed by atoms with Crippen LogP contribution >= 0.6 is 0 Å². The van der Waals surface area contributed by atoms with Crippen molar-refractivity contribution in [1.82, 2.24) is 9.21 Å². The summed E-state index contributed by atoms with van der Waals surface area (Å²) in [6.45, 7) is 2.50. The number of halogens is 1. The number of amides is 2. The van der Waals surface area contributed by atoms with E-state index in [1.165, 1.54) is 59.8 Å². The van der Waals surface area contributed by atoms with Crippen molar-refractivity contribution in [2.24, 2.45) is 0 Å². The smallest absolute Gasteiger partial charge is 0.255 e. The van der Waals surface area contributed by atoms with Gasteiger partial charge < -0.3 is 10.2 Å². The summed E-state index contributed by atoms with van der Waals surface area (Å²) in [4.78, 5) is 25.4. The van der Waals surface area contributed by atoms with Crippen molar-refractivity contribution in [2.75, 3.05) is 31.5 Å². The van der Waals surface area contributed by atoms with Gasteiger partial charge in [-0.3, -0.25) is 9.59 Å². The average molecular weight is 405 g/mol. The summed E-state index contributed by atoms with van der Waals surface area (Å²) in [6, 6.07) is 11.1. The van der Waals surface area contributed by atoms with Crippen molar-refractivity contribution in [3.8, 4) is 0 Å². The van der Waals surface area contributed by atoms with Crippen molar-refractivity contribution in [3.63, 3.8) is 0 Å². The summed E-state index contributed by atoms with van der Waals surface area (Å²) < 4.78 is 40.3. The lowest BCUT2D eigenvalue weighted by Gasteiger charge is -2.33. The van der Waals surface area contributed by atoms with Crippen LogP contribution in [0.4, 0.5) is 10.1 Å². The van der Waals surface area contributed by atoms with E-state index >= 15 is 0 Å². The fourth-order valence-electron chi connectivity index (χ4n) is 2.96. The Morgan fingerprint density at radius 1 is 1.00 bits per heavy atom. The molecule has 2 aromatic carbocycles. The second-order valence-corrected chi connectivity index (χ2v) is 8.34. The van der Waals surface area contributed by atoms with Gasteiger partial charge in [-0.2, -0.15) is 4.31 Å². The number of carbonyl (C=O) groups is 2. The van der Waals surface area contributed by atoms with E-state index in [1.54, 1.807) is 4.90 Å². The molecule has 148 valence electrons. The number of hydrogen-bond donors (Lipinski definition) is 1. The number of rotatable bonds is 4. The monoisotopic (exact) mass is 405 g/mol. The van der Waals surface area contributed by atoms with E-state index in [0.29, 0.717) is 13.1 Å². The third-order valence-corrected chi connectivity index (χ3v) is 6.40. The van der Waals surface area contributed by atoms with E-state index in [9.17, 15) is 22.4 Å². The van der Waals surface area contributed by atoms with Gasteiger partial charge in [-0.1, -0.05) is 12.1 Å². The summed E-state index contributed by atoms with van der Waals surface area (Å²) in [5.74, 6) is -1.11. The molecule has 0 radical (unpaired) electrons. The largest absolute Gasteiger partial charge is 0.340 e. The molecule has 2 amide bonds. The summed E-state index contributed by atoms with van der Waals surface area (Å²) in [5, 5.41) is 2.54. The zero-order valence-electron chi connectivity index (χ0n) is 15.3. The summed E-state index contributed by atoms with van der Waals surface area (Å²) in [6.07, 6.45) is 0. The Kier molecular flexibility index (Phi) is 5.76. The highest BCUT2D eigenvalue weighted by Crippen LogP contribution is 2.20. The SMILES string of the molecule is CC(=O)N1CCN(S(=O)(=O)c2cccc(C(=O)Nc3cccc(F)c3)c2)CC1. The van der Waals surface area contributed by atoms with Crippen molar-refractivity contribution in [3.05, 3.63) is 59.9 Å². The molecule has 0 unspecified atom stereocenters. The van der Waals surface area contributed by atoms with Crippen LogP contribution in [0.15, 0.2) is 53.4 Å². The van der Waals surface area contributed by atoms with Crippen molar-refractivity contribution >= 4 is 27.5 Å². The number of nitrogens with zero attached hydrogens (tertiary/aromatic N) is 2. The fraction of sp³-hybridized carbons (Fsp3) is 0.263. The van der Waals surface area contributed by atoms with Crippen LogP contribution in [0.25, 0.3) is 0 Å². The van der Waals surface area contributed by atoms with Gasteiger partial charge in [-0.15, -0.1) is 0 Å². The molecule has 1 heterocycles. The molecule has 7 nitrogen and oxygen atoms in total. The van der Waals surface area contributed by atoms with Gasteiger partial charge in [0, 0.05) is 44.4 Å². The molecule has 0 aromatic heterocycles. The number of anilines is 1. The molecule has 0 bridgehead atoms. The normalized spacial score (nSPS) is 15.3. The summed E-state index contributed by atoms with van der Waals surface area (Å²) in [7, 11) is -3.79. The Labute approximate surface area is 162 Å². The number of nitrogens with one attached hydrogen (secondary N) is 1. The Morgan fingerprint density at radius 2 is 1.68 bits per heavy atom. The van der Waals surface area contributed by atoms with Crippen LogP contribution in [0, 0.1) is 5.82 Å². The van der Waals surface area contributed by atoms with Gasteiger partial charge in [0.05, 0.1) is 4.90 Å². The molecule has 28 heavy (non-hydrogen) atoms. The van der Waals surface area contributed by atoms with Crippen LogP contribution < -0.4 is 5.32 Å². The van der Waals surface area contributed by atoms with E-state index in [2.05, 4.69) is 5.32 Å². The van der Waals surface area contributed by atoms with Gasteiger partial charge in [0.15, 0.2) is 0 Å². The number of hydrogen-bond acceptors (Lipinski definition) is 4. The van der Waals surface area contributed by atoms with Crippen LogP contribution in [-0.4, -0.2) is 55.6 Å². The standard InChI is InChI=1S/C19H20FN3O4S/c1-14(24)22-8-10-23(11-9-22)28(26,27)18-7-2-4-15(12-18)19(25)21-17-6-3-5-16(20)13-17/h2-7,12-13H,8-11H2,1H3,(H,21,25). The molecule has 1 saturated heterocycles. The molecule has 9 heteroatoms. The van der Waals surface area contributed by atoms with Crippen LogP contribution in [0.2, 0.25) is 0 Å². The molecule has 1 N–H and O–H groups in total. The molecular weight excluding hydrogens is 385 g/mol. The van der Waals surface area contributed by atoms with Gasteiger partial charge >= 0.3 is 0 Å². The number of sulfonamides is 1. The van der Waals surface area contributed by atoms with Gasteiger partial charge in [-0.25, -0.2) is 12.8 Å². The Bertz CT molecular complexity index is 1000. The highest BCUT2D eigenvalue weighted by Gasteiger charge is 2.29. The van der Waals surface area contributed by atoms with E-state index in [-0.39, 0.29) is 35.1 Å². The summed E-state index contributed by atoms with van der Waals surface area (Å²) >= 11 is 0. The first-order chi connectivity index (χ1) is 13.3. The molecule has 0 spiro atoms. The van der Waals surface area contributed by atoms with Crippen molar-refractivity contribution < 1.29 is 22.4 Å². The van der Waals surface area contributed by atoms with Crippen LogP contribution in [0.5, 0.6) is 0 Å². The van der Waals surface area contributed by atoms with E-state index in [1.807, 2.05) is 0 Å². The highest BCUT2D eigenvalue weighted by molar-refractivity contribution is 7.89. The van der Waals surface area contributed by atoms with E-state index < -0.39 is 21.7 Å². The molecule has 0 saturated carbocycles. The van der Waals surface area contributed by atoms with Gasteiger partial charge in [0.2, 0.25) is 15.9 Å². The third-order valence-electron chi connectivity index (χ3n) is 4.50. The highest BCUT2D eigenvalue weighted by atomic mass is 32.2. The second kappa shape index (κ2) is 8.07.